The second-order valence-electron chi connectivity index (χ2n) is 9.66. The molecule has 0 aromatic heterocycles. The predicted molar refractivity (Wildman–Crippen MR) is 114 cm³/mol. The number of hydrogen-bond acceptors (Lipinski definition) is 8. The Bertz CT molecular complexity index is 972. The fourth-order valence-electron chi connectivity index (χ4n) is 4.52. The van der Waals surface area contributed by atoms with Crippen LogP contribution in [0.4, 0.5) is 39.5 Å². The van der Waals surface area contributed by atoms with Crippen molar-refractivity contribution in [3.05, 3.63) is 12.0 Å². The molecule has 0 spiro atoms. The molecule has 2 unspecified atom stereocenters. The van der Waals surface area contributed by atoms with Crippen molar-refractivity contribution in [1.29, 1.82) is 0 Å². The molecule has 2 rings (SSSR count). The molecule has 0 saturated carbocycles. The van der Waals surface area contributed by atoms with Crippen LogP contribution in [0.25, 0.3) is 0 Å². The van der Waals surface area contributed by atoms with Crippen LogP contribution in [0.2, 0.25) is 0 Å². The minimum absolute atomic E-state index is 0. The monoisotopic (exact) mass is 757 g/mol. The van der Waals surface area contributed by atoms with E-state index in [9.17, 15) is 64.1 Å². The normalized spacial score (nSPS) is 24.8. The van der Waals surface area contributed by atoms with Crippen molar-refractivity contribution in [2.45, 2.75) is 18.5 Å². The maximum Gasteiger partial charge on any atom is 3.00 e. The zero-order valence-corrected chi connectivity index (χ0v) is 25.4. The summed E-state index contributed by atoms with van der Waals surface area (Å²) in [5.74, 6) is -7.10. The van der Waals surface area contributed by atoms with E-state index in [0.717, 1.165) is 4.90 Å². The standard InChI is InChI=1S/C21H27F9N4O7.La/c22-19(23,24)18(20(25,26)27,21(28,29)30)14(35)12-34-7-5-32(10-16(38)39)3-1-31(9-15(36)37)2-4-33(6-8-34)11-17(40)41-13-34;/h12H,1-11,13H2,(H2-,35,36,37,38,39);/q;+3/b14-12-;. The van der Waals surface area contributed by atoms with E-state index < -0.39 is 104 Å². The molecule has 42 heavy (non-hydrogen) atoms. The van der Waals surface area contributed by atoms with Gasteiger partial charge in [0.2, 0.25) is 6.73 Å². The number of halogens is 9. The summed E-state index contributed by atoms with van der Waals surface area (Å²) < 4.78 is 126. The number of alkyl halides is 9. The smallest absolute Gasteiger partial charge is 0.871 e. The van der Waals surface area contributed by atoms with E-state index in [-0.39, 0.29) is 68.3 Å². The molecular weight excluding hydrogens is 730 g/mol. The van der Waals surface area contributed by atoms with Gasteiger partial charge in [0.25, 0.3) is 5.41 Å². The quantitative estimate of drug-likeness (QED) is 0.169. The van der Waals surface area contributed by atoms with Crippen LogP contribution in [0, 0.1) is 41.0 Å². The SMILES string of the molecule is O=C(O)CN1CCN(CC(=O)O)CC[N+]2(/C=C(\[O-])C(C(F)(F)F)(C(F)(F)F)C(F)(F)F)CCN(CC1)CC(=O)OC2.[La+3]. The Kier molecular flexibility index (Phi) is 13.2. The van der Waals surface area contributed by atoms with Gasteiger partial charge in [-0.1, -0.05) is 0 Å². The molecule has 2 N–H and O–H groups in total. The molecule has 11 nitrogen and oxygen atoms in total. The summed E-state index contributed by atoms with van der Waals surface area (Å²) >= 11 is 0. The third kappa shape index (κ3) is 9.18. The summed E-state index contributed by atoms with van der Waals surface area (Å²) in [6.07, 6.45) is -21.9. The largest absolute Gasteiger partial charge is 3.00 e. The summed E-state index contributed by atoms with van der Waals surface area (Å²) in [7, 11) is 0. The summed E-state index contributed by atoms with van der Waals surface area (Å²) in [5.41, 5.74) is -6.78. The van der Waals surface area contributed by atoms with E-state index >= 15 is 0 Å². The fourth-order valence-corrected chi connectivity index (χ4v) is 4.52. The number of hydrogen-bond donors (Lipinski definition) is 2. The summed E-state index contributed by atoms with van der Waals surface area (Å²) in [5, 5.41) is 31.1. The van der Waals surface area contributed by atoms with Gasteiger partial charge in [0.15, 0.2) is 0 Å². The van der Waals surface area contributed by atoms with Crippen LogP contribution in [0.5, 0.6) is 0 Å². The average molecular weight is 757 g/mol. The number of allylic oxidation sites excluding steroid dienone is 1. The minimum atomic E-state index is -7.16. The average Bonchev–Trinajstić information content (AvgIpc) is 2.75. The second kappa shape index (κ2) is 14.4. The number of carbonyl (C=O) groups excluding carboxylic acids is 1. The molecule has 0 radical (unpaired) electrons. The molecule has 2 bridgehead atoms. The zero-order valence-electron chi connectivity index (χ0n) is 21.8. The first-order valence-corrected chi connectivity index (χ1v) is 11.9. The minimum Gasteiger partial charge on any atom is -0.871 e. The fraction of sp³-hybridized carbons (Fsp3) is 0.762. The molecule has 0 aliphatic carbocycles. The van der Waals surface area contributed by atoms with Crippen molar-refractivity contribution in [3.63, 3.8) is 0 Å². The van der Waals surface area contributed by atoms with Crippen molar-refractivity contribution in [2.24, 2.45) is 5.41 Å². The van der Waals surface area contributed by atoms with Gasteiger partial charge in [-0.25, -0.2) is 0 Å². The third-order valence-electron chi connectivity index (χ3n) is 6.78. The van der Waals surface area contributed by atoms with E-state index in [1.165, 1.54) is 9.80 Å². The summed E-state index contributed by atoms with van der Waals surface area (Å²) in [6, 6.07) is 0. The zero-order chi connectivity index (χ0) is 31.4. The molecule has 0 aromatic rings. The maximum atomic E-state index is 13.6. The van der Waals surface area contributed by atoms with Crippen LogP contribution in [0.15, 0.2) is 12.0 Å². The van der Waals surface area contributed by atoms with Crippen molar-refractivity contribution in [2.75, 3.05) is 78.7 Å². The molecule has 2 atom stereocenters. The Balaban J connectivity index is 0.00000882. The number of esters is 1. The predicted octanol–water partition coefficient (Wildman–Crippen LogP) is 0.281. The number of ether oxygens (including phenoxy) is 1. The number of aliphatic carboxylic acids is 2. The van der Waals surface area contributed by atoms with E-state index in [1.54, 1.807) is 0 Å². The maximum absolute atomic E-state index is 13.6. The number of rotatable bonds is 6. The van der Waals surface area contributed by atoms with Gasteiger partial charge in [0, 0.05) is 39.3 Å². The first kappa shape index (κ1) is 38.4. The van der Waals surface area contributed by atoms with Gasteiger partial charge in [-0.05, 0) is 5.76 Å². The van der Waals surface area contributed by atoms with Gasteiger partial charge in [0.05, 0.1) is 38.9 Å². The van der Waals surface area contributed by atoms with Crippen molar-refractivity contribution >= 4 is 17.9 Å². The van der Waals surface area contributed by atoms with Crippen LogP contribution >= 0.6 is 0 Å². The summed E-state index contributed by atoms with van der Waals surface area (Å²) in [4.78, 5) is 38.7. The molecule has 2 saturated heterocycles. The molecule has 2 fully saturated rings. The van der Waals surface area contributed by atoms with Crippen molar-refractivity contribution < 1.29 is 114 Å². The first-order chi connectivity index (χ1) is 18.6. The molecule has 21 heteroatoms. The Hall–Kier alpha value is -1.65. The van der Waals surface area contributed by atoms with Gasteiger partial charge in [-0.15, -0.1) is 0 Å². The molecule has 236 valence electrons. The first-order valence-electron chi connectivity index (χ1n) is 11.9. The van der Waals surface area contributed by atoms with Gasteiger partial charge in [-0.3, -0.25) is 33.6 Å². The Morgan fingerprint density at radius 1 is 0.810 bits per heavy atom. The topological polar surface area (TPSA) is 134 Å². The second-order valence-corrected chi connectivity index (χ2v) is 9.66. The van der Waals surface area contributed by atoms with Crippen molar-refractivity contribution in [3.8, 4) is 0 Å². The van der Waals surface area contributed by atoms with Crippen LogP contribution in [-0.2, 0) is 19.1 Å². The van der Waals surface area contributed by atoms with Crippen molar-refractivity contribution in [1.82, 2.24) is 14.7 Å². The van der Waals surface area contributed by atoms with Crippen LogP contribution < -0.4 is 5.11 Å². The summed E-state index contributed by atoms with van der Waals surface area (Å²) in [6.45, 7) is -5.35. The van der Waals surface area contributed by atoms with Gasteiger partial charge >= 0.3 is 72.0 Å². The Morgan fingerprint density at radius 3 is 1.69 bits per heavy atom. The molecule has 2 heterocycles. The van der Waals surface area contributed by atoms with Crippen LogP contribution in [0.3, 0.4) is 0 Å². The van der Waals surface area contributed by atoms with E-state index in [2.05, 4.69) is 0 Å². The van der Waals surface area contributed by atoms with E-state index in [1.807, 2.05) is 0 Å². The van der Waals surface area contributed by atoms with Crippen LogP contribution in [-0.4, -0.2) is 145 Å². The van der Waals surface area contributed by atoms with Gasteiger partial charge in [0.1, 0.15) is 0 Å². The molecule has 2 aliphatic rings. The van der Waals surface area contributed by atoms with Gasteiger partial charge < -0.3 is 20.1 Å². The number of nitrogens with zero attached hydrogens (tertiary/aromatic N) is 4. The van der Waals surface area contributed by atoms with E-state index in [0.29, 0.717) is 0 Å². The van der Waals surface area contributed by atoms with E-state index in [4.69, 9.17) is 9.84 Å². The molecule has 2 aliphatic heterocycles. The van der Waals surface area contributed by atoms with Crippen LogP contribution in [0.1, 0.15) is 0 Å². The molecule has 0 amide bonds. The number of quaternary nitrogens is 1. The Morgan fingerprint density at radius 2 is 1.24 bits per heavy atom. The van der Waals surface area contributed by atoms with Gasteiger partial charge in [-0.2, -0.15) is 39.5 Å². The third-order valence-corrected chi connectivity index (χ3v) is 6.78. The molecule has 0 aromatic carbocycles. The number of fused-ring (bicyclic) bond motifs is 3. The molecular formula is C21H27F9LaN4O7+3. The number of carboxylic acids is 2. The number of carbonyl (C=O) groups is 3. The number of cyclic esters (lactones) is 1. The Labute approximate surface area is 260 Å². The number of carboxylic acid groups (broad SMARTS) is 2.